The van der Waals surface area contributed by atoms with Crippen molar-refractivity contribution in [2.75, 3.05) is 14.1 Å². The Kier molecular flexibility index (Phi) is 6.19. The summed E-state index contributed by atoms with van der Waals surface area (Å²) in [5.74, 6) is 1.07. The molecule has 1 heterocycles. The van der Waals surface area contributed by atoms with E-state index in [1.165, 1.54) is 18.4 Å². The van der Waals surface area contributed by atoms with Crippen LogP contribution in [0.1, 0.15) is 19.2 Å². The van der Waals surface area contributed by atoms with Crippen LogP contribution in [0.25, 0.3) is 11.0 Å². The maximum atomic E-state index is 12.4. The fraction of sp³-hybridized carbons (Fsp3) is 0.316. The molecular weight excluding hydrogens is 421 g/mol. The Bertz CT molecular complexity index is 1090. The largest absolute Gasteiger partial charge is 0.483 e. The average molecular weight is 442 g/mol. The van der Waals surface area contributed by atoms with Crippen LogP contribution in [0.2, 0.25) is 10.0 Å². The fourth-order valence-corrected chi connectivity index (χ4v) is 4.30. The number of hydrogen-bond donors (Lipinski definition) is 0. The van der Waals surface area contributed by atoms with E-state index in [1.807, 2.05) is 4.57 Å². The minimum atomic E-state index is -3.53. The Morgan fingerprint density at radius 1 is 1.14 bits per heavy atom. The van der Waals surface area contributed by atoms with Crippen LogP contribution in [0.4, 0.5) is 0 Å². The Hall–Kier alpha value is -1.80. The molecule has 0 radical (unpaired) electrons. The number of rotatable bonds is 7. The number of sulfonamides is 1. The monoisotopic (exact) mass is 441 g/mol. The van der Waals surface area contributed by atoms with Gasteiger partial charge in [0.15, 0.2) is 5.75 Å². The minimum absolute atomic E-state index is 0.161. The third-order valence-electron chi connectivity index (χ3n) is 4.29. The van der Waals surface area contributed by atoms with Crippen molar-refractivity contribution in [3.05, 3.63) is 52.3 Å². The maximum absolute atomic E-state index is 12.4. The topological polar surface area (TPSA) is 64.4 Å². The van der Waals surface area contributed by atoms with E-state index in [0.717, 1.165) is 18.5 Å². The van der Waals surface area contributed by atoms with Gasteiger partial charge in [-0.2, -0.15) is 0 Å². The molecule has 0 saturated heterocycles. The maximum Gasteiger partial charge on any atom is 0.242 e. The van der Waals surface area contributed by atoms with Crippen molar-refractivity contribution in [3.8, 4) is 5.75 Å². The summed E-state index contributed by atoms with van der Waals surface area (Å²) < 4.78 is 33.9. The quantitative estimate of drug-likeness (QED) is 0.537. The number of fused-ring (bicyclic) bond motifs is 1. The summed E-state index contributed by atoms with van der Waals surface area (Å²) in [6.45, 7) is 2.95. The normalized spacial score (nSPS) is 12.1. The van der Waals surface area contributed by atoms with Gasteiger partial charge < -0.3 is 9.30 Å². The highest BCUT2D eigenvalue weighted by atomic mass is 35.5. The van der Waals surface area contributed by atoms with E-state index < -0.39 is 10.0 Å². The standard InChI is InChI=1S/C19H21Cl2N3O3S/c1-4-10-24-17-9-8-13(28(25,26)23(2)3)11-16(17)22-18(24)12-27-19-14(20)6-5-7-15(19)21/h5-9,11H,4,10,12H2,1-3H3. The first kappa shape index (κ1) is 20.9. The van der Waals surface area contributed by atoms with E-state index in [4.69, 9.17) is 27.9 Å². The lowest BCUT2D eigenvalue weighted by molar-refractivity contribution is 0.290. The zero-order valence-corrected chi connectivity index (χ0v) is 18.1. The molecule has 0 spiro atoms. The molecule has 0 aliphatic heterocycles. The molecule has 0 fully saturated rings. The number of benzene rings is 2. The van der Waals surface area contributed by atoms with Crippen LogP contribution in [0, 0.1) is 0 Å². The second-order valence-corrected chi connectivity index (χ2v) is 9.42. The Balaban J connectivity index is 2.01. The van der Waals surface area contributed by atoms with Gasteiger partial charge in [0.05, 0.1) is 26.0 Å². The van der Waals surface area contributed by atoms with Gasteiger partial charge in [-0.25, -0.2) is 17.7 Å². The van der Waals surface area contributed by atoms with Gasteiger partial charge in [-0.3, -0.25) is 0 Å². The smallest absolute Gasteiger partial charge is 0.242 e. The molecule has 1 aromatic heterocycles. The van der Waals surface area contributed by atoms with Gasteiger partial charge >= 0.3 is 0 Å². The molecule has 9 heteroatoms. The molecule has 2 aromatic carbocycles. The van der Waals surface area contributed by atoms with Crippen molar-refractivity contribution >= 4 is 44.3 Å². The molecule has 0 aliphatic rings. The highest BCUT2D eigenvalue weighted by Gasteiger charge is 2.20. The Labute approximate surface area is 174 Å². The zero-order valence-electron chi connectivity index (χ0n) is 15.8. The number of aryl methyl sites for hydroxylation is 1. The average Bonchev–Trinajstić information content (AvgIpc) is 2.98. The molecule has 0 bridgehead atoms. The van der Waals surface area contributed by atoms with E-state index >= 15 is 0 Å². The van der Waals surface area contributed by atoms with Crippen molar-refractivity contribution in [3.63, 3.8) is 0 Å². The van der Waals surface area contributed by atoms with E-state index in [0.29, 0.717) is 27.1 Å². The Morgan fingerprint density at radius 2 is 1.82 bits per heavy atom. The van der Waals surface area contributed by atoms with Crippen LogP contribution in [0.15, 0.2) is 41.3 Å². The van der Waals surface area contributed by atoms with Crippen LogP contribution >= 0.6 is 23.2 Å². The molecule has 150 valence electrons. The molecule has 0 N–H and O–H groups in total. The van der Waals surface area contributed by atoms with E-state index in [9.17, 15) is 8.42 Å². The lowest BCUT2D eigenvalue weighted by Gasteiger charge is -2.12. The number of halogens is 2. The minimum Gasteiger partial charge on any atom is -0.483 e. The third-order valence-corrected chi connectivity index (χ3v) is 6.70. The first-order valence-corrected chi connectivity index (χ1v) is 10.9. The number of imidazole rings is 1. The van der Waals surface area contributed by atoms with Crippen molar-refractivity contribution < 1.29 is 13.2 Å². The fourth-order valence-electron chi connectivity index (χ4n) is 2.87. The van der Waals surface area contributed by atoms with Crippen LogP contribution < -0.4 is 4.74 Å². The van der Waals surface area contributed by atoms with Crippen molar-refractivity contribution in [2.24, 2.45) is 0 Å². The highest BCUT2D eigenvalue weighted by Crippen LogP contribution is 2.33. The SMILES string of the molecule is CCCn1c(COc2c(Cl)cccc2Cl)nc2cc(S(=O)(=O)N(C)C)ccc21. The first-order valence-electron chi connectivity index (χ1n) is 8.74. The molecule has 0 atom stereocenters. The van der Waals surface area contributed by atoms with Gasteiger partial charge in [-0.05, 0) is 36.8 Å². The van der Waals surface area contributed by atoms with Gasteiger partial charge in [-0.15, -0.1) is 0 Å². The molecule has 0 amide bonds. The van der Waals surface area contributed by atoms with E-state index in [1.54, 1.807) is 36.4 Å². The molecule has 28 heavy (non-hydrogen) atoms. The van der Waals surface area contributed by atoms with Crippen LogP contribution in [0.5, 0.6) is 5.75 Å². The van der Waals surface area contributed by atoms with Crippen LogP contribution in [-0.4, -0.2) is 36.4 Å². The van der Waals surface area contributed by atoms with Crippen molar-refractivity contribution in [1.29, 1.82) is 0 Å². The Morgan fingerprint density at radius 3 is 2.43 bits per heavy atom. The number of hydrogen-bond acceptors (Lipinski definition) is 4. The van der Waals surface area contributed by atoms with Crippen LogP contribution in [-0.2, 0) is 23.2 Å². The van der Waals surface area contributed by atoms with Crippen molar-refractivity contribution in [2.45, 2.75) is 31.4 Å². The number of aromatic nitrogens is 2. The summed E-state index contributed by atoms with van der Waals surface area (Å²) in [6.07, 6.45) is 0.892. The predicted octanol–water partition coefficient (Wildman–Crippen LogP) is 4.58. The first-order chi connectivity index (χ1) is 13.3. The van der Waals surface area contributed by atoms with Gasteiger partial charge in [-0.1, -0.05) is 36.2 Å². The third kappa shape index (κ3) is 3.98. The van der Waals surface area contributed by atoms with Crippen molar-refractivity contribution in [1.82, 2.24) is 13.9 Å². The summed E-state index contributed by atoms with van der Waals surface area (Å²) in [6, 6.07) is 10.1. The predicted molar refractivity (Wildman–Crippen MR) is 112 cm³/mol. The second kappa shape index (κ2) is 8.29. The summed E-state index contributed by atoms with van der Waals surface area (Å²) in [7, 11) is -0.529. The molecule has 3 rings (SSSR count). The highest BCUT2D eigenvalue weighted by molar-refractivity contribution is 7.89. The van der Waals surface area contributed by atoms with Crippen LogP contribution in [0.3, 0.4) is 0 Å². The van der Waals surface area contributed by atoms with E-state index in [-0.39, 0.29) is 11.5 Å². The molecule has 0 aliphatic carbocycles. The molecular formula is C19H21Cl2N3O3S. The lowest BCUT2D eigenvalue weighted by atomic mass is 10.3. The van der Waals surface area contributed by atoms with E-state index in [2.05, 4.69) is 11.9 Å². The molecule has 0 saturated carbocycles. The summed E-state index contributed by atoms with van der Waals surface area (Å²) in [5.41, 5.74) is 1.45. The molecule has 0 unspecified atom stereocenters. The molecule has 3 aromatic rings. The number of nitrogens with zero attached hydrogens (tertiary/aromatic N) is 3. The van der Waals surface area contributed by atoms with Gasteiger partial charge in [0.2, 0.25) is 10.0 Å². The number of para-hydroxylation sites is 1. The molecule has 6 nitrogen and oxygen atoms in total. The zero-order chi connectivity index (χ0) is 20.5. The second-order valence-electron chi connectivity index (χ2n) is 6.46. The lowest BCUT2D eigenvalue weighted by Crippen LogP contribution is -2.22. The van der Waals surface area contributed by atoms with Gasteiger partial charge in [0.25, 0.3) is 0 Å². The van der Waals surface area contributed by atoms with Gasteiger partial charge in [0.1, 0.15) is 12.4 Å². The summed E-state index contributed by atoms with van der Waals surface area (Å²) in [4.78, 5) is 4.81. The summed E-state index contributed by atoms with van der Waals surface area (Å²) >= 11 is 12.3. The number of ether oxygens (including phenoxy) is 1. The summed E-state index contributed by atoms with van der Waals surface area (Å²) in [5, 5.41) is 0.843. The van der Waals surface area contributed by atoms with Gasteiger partial charge in [0, 0.05) is 20.6 Å².